The van der Waals surface area contributed by atoms with Gasteiger partial charge in [0.15, 0.2) is 11.6 Å². The van der Waals surface area contributed by atoms with E-state index in [2.05, 4.69) is 44.0 Å². The molecule has 0 atom stereocenters. The van der Waals surface area contributed by atoms with E-state index in [1.54, 1.807) is 0 Å². The van der Waals surface area contributed by atoms with Gasteiger partial charge in [0.25, 0.3) is 0 Å². The minimum Gasteiger partial charge on any atom is -0.353 e. The number of carbonyl (C=O) groups excluding carboxylic acids is 1. The van der Waals surface area contributed by atoms with Crippen LogP contribution in [0.25, 0.3) is 0 Å². The molecule has 0 aromatic carbocycles. The Kier molecular flexibility index (Phi) is 5.65. The van der Waals surface area contributed by atoms with E-state index in [1.807, 2.05) is 25.7 Å². The van der Waals surface area contributed by atoms with E-state index < -0.39 is 0 Å². The molecule has 26 heavy (non-hydrogen) atoms. The number of rotatable bonds is 3. The lowest BCUT2D eigenvalue weighted by molar-refractivity contribution is -0.139. The van der Waals surface area contributed by atoms with E-state index in [0.717, 1.165) is 70.5 Å². The molecule has 0 unspecified atom stereocenters. The molecule has 1 aromatic rings. The maximum Gasteiger partial charge on any atom is 0.228 e. The average molecular weight is 361 g/mol. The summed E-state index contributed by atoms with van der Waals surface area (Å²) in [6.07, 6.45) is 0. The normalized spacial score (nSPS) is 19.8. The predicted octanol–water partition coefficient (Wildman–Crippen LogP) is 1.31. The fourth-order valence-electron chi connectivity index (χ4n) is 3.56. The number of aromatic nitrogens is 2. The average Bonchev–Trinajstić information content (AvgIpc) is 2.67. The number of likely N-dealkylation sites (N-methyl/N-ethyl adjacent to an activating group) is 1. The quantitative estimate of drug-likeness (QED) is 0.810. The number of piperazine rings is 2. The molecule has 1 aromatic heterocycles. The molecule has 2 saturated heterocycles. The van der Waals surface area contributed by atoms with Crippen LogP contribution in [0.3, 0.4) is 0 Å². The Labute approximate surface area is 157 Å². The second-order valence-corrected chi connectivity index (χ2v) is 8.20. The Morgan fingerprint density at radius 3 is 1.73 bits per heavy atom. The number of anilines is 2. The molecular weight excluding hydrogens is 328 g/mol. The summed E-state index contributed by atoms with van der Waals surface area (Å²) in [6, 6.07) is 4.15. The summed E-state index contributed by atoms with van der Waals surface area (Å²) in [5, 5.41) is 8.91. The molecular formula is C19H32N6O. The Bertz CT molecular complexity index is 595. The topological polar surface area (TPSA) is 55.8 Å². The summed E-state index contributed by atoms with van der Waals surface area (Å²) in [5.74, 6) is 2.10. The van der Waals surface area contributed by atoms with Gasteiger partial charge in [0, 0.05) is 57.8 Å². The Hall–Kier alpha value is -1.89. The van der Waals surface area contributed by atoms with Crippen LogP contribution in [0, 0.1) is 5.41 Å². The highest BCUT2D eigenvalue weighted by atomic mass is 16.2. The molecule has 1 amide bonds. The van der Waals surface area contributed by atoms with E-state index in [9.17, 15) is 4.79 Å². The summed E-state index contributed by atoms with van der Waals surface area (Å²) in [5.41, 5.74) is -0.314. The number of amides is 1. The van der Waals surface area contributed by atoms with Crippen molar-refractivity contribution in [2.75, 3.05) is 68.7 Å². The summed E-state index contributed by atoms with van der Waals surface area (Å²) in [4.78, 5) is 21.3. The smallest absolute Gasteiger partial charge is 0.228 e. The van der Waals surface area contributed by atoms with Crippen molar-refractivity contribution in [2.24, 2.45) is 5.41 Å². The summed E-state index contributed by atoms with van der Waals surface area (Å²) >= 11 is 0. The van der Waals surface area contributed by atoms with Gasteiger partial charge in [0.1, 0.15) is 0 Å². The van der Waals surface area contributed by atoms with Crippen LogP contribution in [0.15, 0.2) is 12.1 Å². The summed E-state index contributed by atoms with van der Waals surface area (Å²) in [7, 11) is 0. The molecule has 0 spiro atoms. The van der Waals surface area contributed by atoms with Crippen LogP contribution in [0.5, 0.6) is 0 Å². The lowest BCUT2D eigenvalue weighted by Crippen LogP contribution is -2.52. The zero-order chi connectivity index (χ0) is 18.7. The Morgan fingerprint density at radius 2 is 1.35 bits per heavy atom. The molecule has 2 aliphatic heterocycles. The standard InChI is InChI=1S/C19H32N6O/c1-5-22-8-10-23(11-9-22)16-6-7-17(21-20-16)24-12-14-25(15-13-24)18(26)19(2,3)4/h6-7H,5,8-15H2,1-4H3. The molecule has 0 N–H and O–H groups in total. The first-order chi connectivity index (χ1) is 12.4. The third kappa shape index (κ3) is 4.26. The van der Waals surface area contributed by atoms with E-state index in [0.29, 0.717) is 0 Å². The fraction of sp³-hybridized carbons (Fsp3) is 0.737. The van der Waals surface area contributed by atoms with Crippen molar-refractivity contribution in [2.45, 2.75) is 27.7 Å². The maximum absolute atomic E-state index is 12.4. The molecule has 7 nitrogen and oxygen atoms in total. The van der Waals surface area contributed by atoms with Crippen molar-refractivity contribution >= 4 is 17.5 Å². The molecule has 0 saturated carbocycles. The molecule has 2 fully saturated rings. The molecule has 144 valence electrons. The number of hydrogen-bond donors (Lipinski definition) is 0. The van der Waals surface area contributed by atoms with Crippen molar-refractivity contribution in [1.82, 2.24) is 20.0 Å². The third-order valence-electron chi connectivity index (χ3n) is 5.31. The second kappa shape index (κ2) is 7.78. The van der Waals surface area contributed by atoms with Gasteiger partial charge in [-0.25, -0.2) is 0 Å². The van der Waals surface area contributed by atoms with Crippen LogP contribution in [0.1, 0.15) is 27.7 Å². The third-order valence-corrected chi connectivity index (χ3v) is 5.31. The van der Waals surface area contributed by atoms with Crippen LogP contribution < -0.4 is 9.80 Å². The van der Waals surface area contributed by atoms with E-state index in [1.165, 1.54) is 0 Å². The van der Waals surface area contributed by atoms with Gasteiger partial charge in [-0.05, 0) is 18.7 Å². The van der Waals surface area contributed by atoms with Crippen molar-refractivity contribution in [3.8, 4) is 0 Å². The minimum atomic E-state index is -0.314. The molecule has 0 radical (unpaired) electrons. The van der Waals surface area contributed by atoms with Gasteiger partial charge in [-0.2, -0.15) is 0 Å². The van der Waals surface area contributed by atoms with Gasteiger partial charge < -0.3 is 19.6 Å². The van der Waals surface area contributed by atoms with Crippen molar-refractivity contribution in [1.29, 1.82) is 0 Å². The lowest BCUT2D eigenvalue weighted by Gasteiger charge is -2.38. The summed E-state index contributed by atoms with van der Waals surface area (Å²) < 4.78 is 0. The van der Waals surface area contributed by atoms with E-state index >= 15 is 0 Å². The predicted molar refractivity (Wildman–Crippen MR) is 105 cm³/mol. The van der Waals surface area contributed by atoms with Gasteiger partial charge in [0.05, 0.1) is 0 Å². The zero-order valence-corrected chi connectivity index (χ0v) is 16.6. The highest BCUT2D eigenvalue weighted by Crippen LogP contribution is 2.21. The molecule has 0 bridgehead atoms. The zero-order valence-electron chi connectivity index (χ0n) is 16.6. The lowest BCUT2D eigenvalue weighted by atomic mass is 9.94. The van der Waals surface area contributed by atoms with Gasteiger partial charge in [-0.15, -0.1) is 10.2 Å². The van der Waals surface area contributed by atoms with Crippen LogP contribution >= 0.6 is 0 Å². The van der Waals surface area contributed by atoms with Crippen LogP contribution in [0.4, 0.5) is 11.6 Å². The first-order valence-corrected chi connectivity index (χ1v) is 9.74. The monoisotopic (exact) mass is 360 g/mol. The van der Waals surface area contributed by atoms with Gasteiger partial charge >= 0.3 is 0 Å². The van der Waals surface area contributed by atoms with Gasteiger partial charge in [-0.3, -0.25) is 4.79 Å². The maximum atomic E-state index is 12.4. The van der Waals surface area contributed by atoms with Crippen LogP contribution in [-0.2, 0) is 4.79 Å². The Morgan fingerprint density at radius 1 is 0.885 bits per heavy atom. The number of nitrogens with zero attached hydrogens (tertiary/aromatic N) is 6. The SMILES string of the molecule is CCN1CCN(c2ccc(N3CCN(C(=O)C(C)(C)C)CC3)nn2)CC1. The van der Waals surface area contributed by atoms with Crippen molar-refractivity contribution in [3.63, 3.8) is 0 Å². The minimum absolute atomic E-state index is 0.227. The molecule has 2 aliphatic rings. The highest BCUT2D eigenvalue weighted by Gasteiger charge is 2.30. The van der Waals surface area contributed by atoms with Crippen molar-refractivity contribution < 1.29 is 4.79 Å². The number of hydrogen-bond acceptors (Lipinski definition) is 6. The fourth-order valence-corrected chi connectivity index (χ4v) is 3.56. The first-order valence-electron chi connectivity index (χ1n) is 9.74. The molecule has 7 heteroatoms. The Balaban J connectivity index is 1.54. The van der Waals surface area contributed by atoms with Crippen LogP contribution in [-0.4, -0.2) is 84.8 Å². The molecule has 0 aliphatic carbocycles. The van der Waals surface area contributed by atoms with E-state index in [4.69, 9.17) is 0 Å². The number of carbonyl (C=O) groups is 1. The molecule has 3 rings (SSSR count). The van der Waals surface area contributed by atoms with Gasteiger partial charge in [0.2, 0.25) is 5.91 Å². The first kappa shape index (κ1) is 18.9. The van der Waals surface area contributed by atoms with Gasteiger partial charge in [-0.1, -0.05) is 27.7 Å². The van der Waals surface area contributed by atoms with E-state index in [-0.39, 0.29) is 11.3 Å². The van der Waals surface area contributed by atoms with Crippen LogP contribution in [0.2, 0.25) is 0 Å². The summed E-state index contributed by atoms with van der Waals surface area (Å²) in [6.45, 7) is 16.6. The van der Waals surface area contributed by atoms with Crippen molar-refractivity contribution in [3.05, 3.63) is 12.1 Å². The molecule has 3 heterocycles. The highest BCUT2D eigenvalue weighted by molar-refractivity contribution is 5.81. The largest absolute Gasteiger partial charge is 0.353 e. The second-order valence-electron chi connectivity index (χ2n) is 8.20.